The number of aromatic hydroxyl groups is 1. The Morgan fingerprint density at radius 2 is 2.15 bits per heavy atom. The fourth-order valence-electron chi connectivity index (χ4n) is 1.31. The lowest BCUT2D eigenvalue weighted by molar-refractivity contribution is 0.388. The average molecular weight is 194 g/mol. The summed E-state index contributed by atoms with van der Waals surface area (Å²) >= 11 is 1.47. The van der Waals surface area contributed by atoms with E-state index < -0.39 is 0 Å². The van der Waals surface area contributed by atoms with Gasteiger partial charge >= 0.3 is 0 Å². The molecule has 1 aromatic carbocycles. The molecule has 2 aromatic rings. The van der Waals surface area contributed by atoms with E-state index in [4.69, 9.17) is 4.74 Å². The minimum absolute atomic E-state index is 0.252. The van der Waals surface area contributed by atoms with Gasteiger partial charge in [-0.15, -0.1) is 0 Å². The largest absolute Gasteiger partial charge is 0.503 e. The van der Waals surface area contributed by atoms with Crippen LogP contribution < -0.4 is 4.74 Å². The zero-order chi connectivity index (χ0) is 9.42. The minimum Gasteiger partial charge on any atom is -0.503 e. The van der Waals surface area contributed by atoms with Gasteiger partial charge in [-0.05, 0) is 24.6 Å². The average Bonchev–Trinajstić information content (AvgIpc) is 2.42. The highest BCUT2D eigenvalue weighted by Crippen LogP contribution is 2.42. The number of aryl methyl sites for hydroxylation is 1. The van der Waals surface area contributed by atoms with Crippen LogP contribution in [-0.4, -0.2) is 12.2 Å². The first kappa shape index (κ1) is 8.38. The number of hydrogen-bond donors (Lipinski definition) is 1. The van der Waals surface area contributed by atoms with E-state index in [1.165, 1.54) is 16.9 Å². The Balaban J connectivity index is 2.76. The van der Waals surface area contributed by atoms with Crippen molar-refractivity contribution in [3.8, 4) is 10.8 Å². The van der Waals surface area contributed by atoms with Crippen LogP contribution in [0.5, 0.6) is 10.8 Å². The molecule has 0 aliphatic heterocycles. The Labute approximate surface area is 80.4 Å². The first-order valence-electron chi connectivity index (χ1n) is 3.98. The zero-order valence-corrected chi connectivity index (χ0v) is 8.31. The summed E-state index contributed by atoms with van der Waals surface area (Å²) in [7, 11) is 1.57. The third kappa shape index (κ3) is 1.25. The molecule has 2 rings (SSSR count). The molecule has 0 bridgehead atoms. The molecule has 0 fully saturated rings. The van der Waals surface area contributed by atoms with Crippen molar-refractivity contribution in [2.24, 2.45) is 0 Å². The maximum absolute atomic E-state index is 9.67. The molecule has 0 amide bonds. The van der Waals surface area contributed by atoms with E-state index in [2.05, 4.69) is 0 Å². The summed E-state index contributed by atoms with van der Waals surface area (Å²) < 4.78 is 6.10. The van der Waals surface area contributed by atoms with Gasteiger partial charge < -0.3 is 9.84 Å². The Morgan fingerprint density at radius 3 is 2.85 bits per heavy atom. The van der Waals surface area contributed by atoms with E-state index in [1.807, 2.05) is 25.1 Å². The quantitative estimate of drug-likeness (QED) is 0.756. The molecule has 0 unspecified atom stereocenters. The molecule has 68 valence electrons. The van der Waals surface area contributed by atoms with Crippen LogP contribution in [0.2, 0.25) is 0 Å². The van der Waals surface area contributed by atoms with Crippen LogP contribution in [-0.2, 0) is 0 Å². The highest BCUT2D eigenvalue weighted by atomic mass is 32.1. The molecule has 1 N–H and O–H groups in total. The molecule has 0 aliphatic carbocycles. The van der Waals surface area contributed by atoms with Gasteiger partial charge in [0.05, 0.1) is 7.11 Å². The SMILES string of the molecule is COc1sc2cc(C)ccc2c1O. The first-order chi connectivity index (χ1) is 6.22. The van der Waals surface area contributed by atoms with Gasteiger partial charge in [-0.3, -0.25) is 0 Å². The molecule has 0 aliphatic rings. The van der Waals surface area contributed by atoms with Crippen LogP contribution in [0, 0.1) is 6.92 Å². The summed E-state index contributed by atoms with van der Waals surface area (Å²) in [5.41, 5.74) is 1.19. The summed E-state index contributed by atoms with van der Waals surface area (Å²) in [5, 5.41) is 11.1. The monoisotopic (exact) mass is 194 g/mol. The summed E-state index contributed by atoms with van der Waals surface area (Å²) in [6, 6.07) is 5.94. The number of methoxy groups -OCH3 is 1. The van der Waals surface area contributed by atoms with Crippen LogP contribution >= 0.6 is 11.3 Å². The number of hydrogen-bond acceptors (Lipinski definition) is 3. The van der Waals surface area contributed by atoms with Crippen LogP contribution in [0.4, 0.5) is 0 Å². The smallest absolute Gasteiger partial charge is 0.217 e. The second-order valence-electron chi connectivity index (χ2n) is 2.94. The van der Waals surface area contributed by atoms with Crippen LogP contribution in [0.25, 0.3) is 10.1 Å². The molecule has 3 heteroatoms. The van der Waals surface area contributed by atoms with Crippen molar-refractivity contribution in [1.29, 1.82) is 0 Å². The number of benzene rings is 1. The van der Waals surface area contributed by atoms with Gasteiger partial charge in [-0.25, -0.2) is 0 Å². The maximum Gasteiger partial charge on any atom is 0.217 e. The molecule has 2 nitrogen and oxygen atoms in total. The molecule has 13 heavy (non-hydrogen) atoms. The molecule has 0 saturated heterocycles. The molecular formula is C10H10O2S. The predicted molar refractivity (Wildman–Crippen MR) is 54.8 cm³/mol. The van der Waals surface area contributed by atoms with E-state index in [9.17, 15) is 5.11 Å². The van der Waals surface area contributed by atoms with Gasteiger partial charge in [0, 0.05) is 10.1 Å². The fraction of sp³-hybridized carbons (Fsp3) is 0.200. The zero-order valence-electron chi connectivity index (χ0n) is 7.50. The molecule has 1 heterocycles. The van der Waals surface area contributed by atoms with Gasteiger partial charge in [0.1, 0.15) is 0 Å². The fourth-order valence-corrected chi connectivity index (χ4v) is 2.32. The van der Waals surface area contributed by atoms with Gasteiger partial charge in [-0.1, -0.05) is 17.4 Å². The second-order valence-corrected chi connectivity index (χ2v) is 3.96. The standard InChI is InChI=1S/C10H10O2S/c1-6-3-4-7-8(5-6)13-10(12-2)9(7)11/h3-5,11H,1-2H3. The van der Waals surface area contributed by atoms with Crippen molar-refractivity contribution >= 4 is 21.4 Å². The lowest BCUT2D eigenvalue weighted by atomic mass is 10.2. The van der Waals surface area contributed by atoms with Crippen molar-refractivity contribution < 1.29 is 9.84 Å². The van der Waals surface area contributed by atoms with Crippen LogP contribution in [0.15, 0.2) is 18.2 Å². The van der Waals surface area contributed by atoms with Gasteiger partial charge in [0.2, 0.25) is 5.06 Å². The summed E-state index contributed by atoms with van der Waals surface area (Å²) in [6.07, 6.45) is 0. The van der Waals surface area contributed by atoms with Crippen molar-refractivity contribution in [2.45, 2.75) is 6.92 Å². The Hall–Kier alpha value is -1.22. The van der Waals surface area contributed by atoms with E-state index in [0.717, 1.165) is 10.1 Å². The highest BCUT2D eigenvalue weighted by molar-refractivity contribution is 7.21. The molecular weight excluding hydrogens is 184 g/mol. The Kier molecular flexibility index (Phi) is 1.88. The van der Waals surface area contributed by atoms with Gasteiger partial charge in [0.25, 0.3) is 0 Å². The number of fused-ring (bicyclic) bond motifs is 1. The predicted octanol–water partition coefficient (Wildman–Crippen LogP) is 2.92. The first-order valence-corrected chi connectivity index (χ1v) is 4.80. The third-order valence-electron chi connectivity index (χ3n) is 1.97. The van der Waals surface area contributed by atoms with Crippen LogP contribution in [0.3, 0.4) is 0 Å². The summed E-state index contributed by atoms with van der Waals surface area (Å²) in [5.74, 6) is 0.252. The lowest BCUT2D eigenvalue weighted by Crippen LogP contribution is -1.75. The second kappa shape index (κ2) is 2.92. The molecule has 0 atom stereocenters. The maximum atomic E-state index is 9.67. The van der Waals surface area contributed by atoms with E-state index in [1.54, 1.807) is 7.11 Å². The minimum atomic E-state index is 0.252. The van der Waals surface area contributed by atoms with E-state index in [-0.39, 0.29) is 5.75 Å². The van der Waals surface area contributed by atoms with E-state index >= 15 is 0 Å². The normalized spacial score (nSPS) is 10.6. The Morgan fingerprint density at radius 1 is 1.38 bits per heavy atom. The van der Waals surface area contributed by atoms with Crippen LogP contribution in [0.1, 0.15) is 5.56 Å². The topological polar surface area (TPSA) is 29.5 Å². The summed E-state index contributed by atoms with van der Waals surface area (Å²) in [4.78, 5) is 0. The third-order valence-corrected chi connectivity index (χ3v) is 3.08. The molecule has 0 saturated carbocycles. The van der Waals surface area contributed by atoms with Crippen molar-refractivity contribution in [3.05, 3.63) is 23.8 Å². The summed E-state index contributed by atoms with van der Waals surface area (Å²) in [6.45, 7) is 2.03. The van der Waals surface area contributed by atoms with Crippen molar-refractivity contribution in [3.63, 3.8) is 0 Å². The molecule has 0 radical (unpaired) electrons. The molecule has 1 aromatic heterocycles. The van der Waals surface area contributed by atoms with Gasteiger partial charge in [-0.2, -0.15) is 0 Å². The van der Waals surface area contributed by atoms with Crippen molar-refractivity contribution in [2.75, 3.05) is 7.11 Å². The van der Waals surface area contributed by atoms with Crippen molar-refractivity contribution in [1.82, 2.24) is 0 Å². The number of rotatable bonds is 1. The number of ether oxygens (including phenoxy) is 1. The van der Waals surface area contributed by atoms with Gasteiger partial charge in [0.15, 0.2) is 5.75 Å². The number of thiophene rings is 1. The molecule has 0 spiro atoms. The highest BCUT2D eigenvalue weighted by Gasteiger charge is 2.10. The lowest BCUT2D eigenvalue weighted by Gasteiger charge is -1.93. The Bertz CT molecular complexity index is 445. The van der Waals surface area contributed by atoms with E-state index in [0.29, 0.717) is 5.06 Å².